The Bertz CT molecular complexity index is 353. The van der Waals surface area contributed by atoms with Crippen molar-refractivity contribution in [3.8, 4) is 0 Å². The number of benzene rings is 1. The van der Waals surface area contributed by atoms with Gasteiger partial charge in [0, 0.05) is 18.3 Å². The molecule has 17 heavy (non-hydrogen) atoms. The molecule has 0 aromatic heterocycles. The lowest BCUT2D eigenvalue weighted by atomic mass is 10.0. The summed E-state index contributed by atoms with van der Waals surface area (Å²) >= 11 is 0. The van der Waals surface area contributed by atoms with Crippen LogP contribution >= 0.6 is 0 Å². The topological polar surface area (TPSA) is 3.24 Å². The molecule has 0 spiro atoms. The van der Waals surface area contributed by atoms with Crippen molar-refractivity contribution in [2.45, 2.75) is 59.9 Å². The Labute approximate surface area is 107 Å². The molecule has 0 atom stereocenters. The Morgan fingerprint density at radius 2 is 1.71 bits per heavy atom. The van der Waals surface area contributed by atoms with E-state index in [0.717, 1.165) is 0 Å². The average Bonchev–Trinajstić information content (AvgIpc) is 2.74. The normalized spacial score (nSPS) is 13.8. The van der Waals surface area contributed by atoms with Gasteiger partial charge in [0.05, 0.1) is 0 Å². The molecule has 0 aliphatic carbocycles. The number of hydrogen-bond donors (Lipinski definition) is 0. The van der Waals surface area contributed by atoms with Crippen molar-refractivity contribution in [2.24, 2.45) is 0 Å². The Morgan fingerprint density at radius 3 is 2.24 bits per heavy atom. The van der Waals surface area contributed by atoms with E-state index in [1.54, 1.807) is 0 Å². The third kappa shape index (κ3) is 3.02. The van der Waals surface area contributed by atoms with Crippen molar-refractivity contribution in [1.29, 1.82) is 0 Å². The summed E-state index contributed by atoms with van der Waals surface area (Å²) in [6.07, 6.45) is 1.21. The molecule has 1 aromatic rings. The molecule has 1 aliphatic heterocycles. The predicted octanol–water partition coefficient (Wildman–Crippen LogP) is 4.61. The van der Waals surface area contributed by atoms with E-state index >= 15 is 0 Å². The monoisotopic (exact) mass is 233 g/mol. The van der Waals surface area contributed by atoms with Gasteiger partial charge in [0.25, 0.3) is 0 Å². The standard InChI is InChI=1S/C14H21N.C2H6/c1-10(2)13-6-5-12-7-8-15(11(3)4)14(12)9-13;1-2/h5-6,9-11H,7-8H2,1-4H3;1-2H3. The molecule has 2 rings (SSSR count). The number of hydrogen-bond acceptors (Lipinski definition) is 1. The van der Waals surface area contributed by atoms with E-state index in [1.165, 1.54) is 29.8 Å². The summed E-state index contributed by atoms with van der Waals surface area (Å²) in [4.78, 5) is 2.52. The molecule has 0 saturated heterocycles. The summed E-state index contributed by atoms with van der Waals surface area (Å²) < 4.78 is 0. The van der Waals surface area contributed by atoms with Gasteiger partial charge in [-0.3, -0.25) is 0 Å². The van der Waals surface area contributed by atoms with Crippen molar-refractivity contribution < 1.29 is 0 Å². The van der Waals surface area contributed by atoms with E-state index in [9.17, 15) is 0 Å². The minimum absolute atomic E-state index is 0.619. The van der Waals surface area contributed by atoms with Gasteiger partial charge in [-0.25, -0.2) is 0 Å². The zero-order valence-electron chi connectivity index (χ0n) is 12.2. The van der Waals surface area contributed by atoms with E-state index in [4.69, 9.17) is 0 Å². The molecule has 0 radical (unpaired) electrons. The van der Waals surface area contributed by atoms with Crippen molar-refractivity contribution in [3.05, 3.63) is 29.3 Å². The molecule has 1 aromatic carbocycles. The lowest BCUT2D eigenvalue weighted by Gasteiger charge is -2.24. The van der Waals surface area contributed by atoms with Gasteiger partial charge < -0.3 is 4.90 Å². The lowest BCUT2D eigenvalue weighted by Crippen LogP contribution is -2.28. The molecular weight excluding hydrogens is 206 g/mol. The first-order valence-electron chi connectivity index (χ1n) is 6.99. The lowest BCUT2D eigenvalue weighted by molar-refractivity contribution is 0.709. The van der Waals surface area contributed by atoms with E-state index in [-0.39, 0.29) is 0 Å². The van der Waals surface area contributed by atoms with E-state index in [0.29, 0.717) is 12.0 Å². The summed E-state index contributed by atoms with van der Waals surface area (Å²) in [6.45, 7) is 14.3. The van der Waals surface area contributed by atoms with Crippen LogP contribution in [0.3, 0.4) is 0 Å². The van der Waals surface area contributed by atoms with Gasteiger partial charge in [0.1, 0.15) is 0 Å². The molecule has 1 heterocycles. The van der Waals surface area contributed by atoms with Crippen LogP contribution in [0.15, 0.2) is 18.2 Å². The maximum Gasteiger partial charge on any atom is 0.0404 e. The minimum atomic E-state index is 0.619. The molecule has 0 amide bonds. The van der Waals surface area contributed by atoms with Crippen molar-refractivity contribution in [3.63, 3.8) is 0 Å². The maximum absolute atomic E-state index is 2.52. The van der Waals surface area contributed by atoms with Gasteiger partial charge in [-0.2, -0.15) is 0 Å². The highest BCUT2D eigenvalue weighted by Gasteiger charge is 2.21. The van der Waals surface area contributed by atoms with Crippen LogP contribution in [-0.4, -0.2) is 12.6 Å². The number of rotatable bonds is 2. The van der Waals surface area contributed by atoms with Gasteiger partial charge in [-0.05, 0) is 43.4 Å². The van der Waals surface area contributed by atoms with Crippen LogP contribution in [-0.2, 0) is 6.42 Å². The Morgan fingerprint density at radius 1 is 1.06 bits per heavy atom. The quantitative estimate of drug-likeness (QED) is 0.721. The van der Waals surface area contributed by atoms with Crippen LogP contribution in [0.25, 0.3) is 0 Å². The summed E-state index contributed by atoms with van der Waals surface area (Å²) in [6, 6.07) is 7.60. The van der Waals surface area contributed by atoms with Crippen molar-refractivity contribution >= 4 is 5.69 Å². The molecule has 1 heteroatoms. The summed E-state index contributed by atoms with van der Waals surface area (Å²) in [5.41, 5.74) is 4.45. The number of fused-ring (bicyclic) bond motifs is 1. The number of nitrogens with zero attached hydrogens (tertiary/aromatic N) is 1. The number of anilines is 1. The van der Waals surface area contributed by atoms with E-state index in [1.807, 2.05) is 13.8 Å². The third-order valence-electron chi connectivity index (χ3n) is 3.33. The largest absolute Gasteiger partial charge is 0.369 e. The molecule has 1 aliphatic rings. The maximum atomic E-state index is 2.52. The SMILES string of the molecule is CC.CC(C)c1ccc2c(c1)N(C(C)C)CC2. The van der Waals surface area contributed by atoms with Gasteiger partial charge in [-0.1, -0.05) is 39.8 Å². The van der Waals surface area contributed by atoms with Crippen molar-refractivity contribution in [2.75, 3.05) is 11.4 Å². The van der Waals surface area contributed by atoms with Crippen LogP contribution in [0.2, 0.25) is 0 Å². The molecule has 0 fully saturated rings. The molecule has 0 bridgehead atoms. The summed E-state index contributed by atoms with van der Waals surface area (Å²) in [7, 11) is 0. The fraction of sp³-hybridized carbons (Fsp3) is 0.625. The highest BCUT2D eigenvalue weighted by molar-refractivity contribution is 5.60. The molecule has 96 valence electrons. The fourth-order valence-electron chi connectivity index (χ4n) is 2.32. The molecule has 0 unspecified atom stereocenters. The second-order valence-electron chi connectivity index (χ2n) is 5.08. The second-order valence-corrected chi connectivity index (χ2v) is 5.08. The van der Waals surface area contributed by atoms with Crippen molar-refractivity contribution in [1.82, 2.24) is 0 Å². The highest BCUT2D eigenvalue weighted by Crippen LogP contribution is 2.32. The zero-order valence-corrected chi connectivity index (χ0v) is 12.2. The van der Waals surface area contributed by atoms with E-state index < -0.39 is 0 Å². The van der Waals surface area contributed by atoms with Gasteiger partial charge in [0.15, 0.2) is 0 Å². The first-order valence-corrected chi connectivity index (χ1v) is 6.99. The van der Waals surface area contributed by atoms with Gasteiger partial charge in [0.2, 0.25) is 0 Å². The van der Waals surface area contributed by atoms with Gasteiger partial charge >= 0.3 is 0 Å². The molecule has 0 saturated carbocycles. The Kier molecular flexibility index (Phi) is 5.04. The predicted molar refractivity (Wildman–Crippen MR) is 78.1 cm³/mol. The van der Waals surface area contributed by atoms with Crippen LogP contribution in [0, 0.1) is 0 Å². The smallest absolute Gasteiger partial charge is 0.0404 e. The van der Waals surface area contributed by atoms with Crippen LogP contribution in [0.4, 0.5) is 5.69 Å². The first kappa shape index (κ1) is 14.1. The Hall–Kier alpha value is -0.980. The summed E-state index contributed by atoms with van der Waals surface area (Å²) in [5, 5.41) is 0. The van der Waals surface area contributed by atoms with Crippen LogP contribution in [0.5, 0.6) is 0 Å². The minimum Gasteiger partial charge on any atom is -0.369 e. The molecule has 0 N–H and O–H groups in total. The van der Waals surface area contributed by atoms with Crippen LogP contribution < -0.4 is 4.90 Å². The third-order valence-corrected chi connectivity index (χ3v) is 3.33. The second kappa shape index (κ2) is 6.09. The van der Waals surface area contributed by atoms with Gasteiger partial charge in [-0.15, -0.1) is 0 Å². The highest BCUT2D eigenvalue weighted by atomic mass is 15.2. The zero-order chi connectivity index (χ0) is 13.0. The Balaban J connectivity index is 0.000000686. The first-order chi connectivity index (χ1) is 8.09. The average molecular weight is 233 g/mol. The fourth-order valence-corrected chi connectivity index (χ4v) is 2.32. The van der Waals surface area contributed by atoms with E-state index in [2.05, 4.69) is 50.8 Å². The molecular formula is C16H27N. The van der Waals surface area contributed by atoms with Crippen LogP contribution in [0.1, 0.15) is 58.6 Å². The summed E-state index contributed by atoms with van der Waals surface area (Å²) in [5.74, 6) is 0.630. The molecule has 1 nitrogen and oxygen atoms in total.